The van der Waals surface area contributed by atoms with Crippen LogP contribution in [0.15, 0.2) is 52.9 Å². The molecule has 0 radical (unpaired) electrons. The van der Waals surface area contributed by atoms with Crippen LogP contribution in [0.1, 0.15) is 5.69 Å². The van der Waals surface area contributed by atoms with Gasteiger partial charge in [0.2, 0.25) is 11.8 Å². The smallest absolute Gasteiger partial charge is 0.251 e. The van der Waals surface area contributed by atoms with E-state index in [0.29, 0.717) is 6.54 Å². The number of benzene rings is 1. The number of aromatic amines is 1. The molecule has 2 aromatic rings. The van der Waals surface area contributed by atoms with Crippen LogP contribution in [0.3, 0.4) is 0 Å². The number of amides is 2. The van der Waals surface area contributed by atoms with Gasteiger partial charge in [-0.2, -0.15) is 0 Å². The molecule has 9 heteroatoms. The van der Waals surface area contributed by atoms with E-state index in [1.807, 2.05) is 0 Å². The number of hydrogen-bond donors (Lipinski definition) is 3. The van der Waals surface area contributed by atoms with Crippen LogP contribution in [0, 0.1) is 5.82 Å². The van der Waals surface area contributed by atoms with E-state index in [1.165, 1.54) is 24.3 Å². The van der Waals surface area contributed by atoms with Crippen molar-refractivity contribution in [3.8, 4) is 0 Å². The van der Waals surface area contributed by atoms with Crippen molar-refractivity contribution in [2.75, 3.05) is 17.6 Å². The summed E-state index contributed by atoms with van der Waals surface area (Å²) in [6, 6.07) is 7.02. The Labute approximate surface area is 153 Å². The number of nitrogens with one attached hydrogen (secondary N) is 3. The average molecular weight is 376 g/mol. The van der Waals surface area contributed by atoms with Crippen LogP contribution in [0.4, 0.5) is 10.1 Å². The van der Waals surface area contributed by atoms with Crippen molar-refractivity contribution >= 4 is 29.3 Å². The Morgan fingerprint density at radius 1 is 1.31 bits per heavy atom. The van der Waals surface area contributed by atoms with Gasteiger partial charge in [0.05, 0.1) is 23.6 Å². The van der Waals surface area contributed by atoms with Crippen LogP contribution in [-0.4, -0.2) is 34.1 Å². The summed E-state index contributed by atoms with van der Waals surface area (Å²) in [5, 5.41) is 5.23. The molecule has 0 fully saturated rings. The molecule has 2 amide bonds. The normalized spacial score (nSPS) is 10.2. The lowest BCUT2D eigenvalue weighted by Gasteiger charge is -2.06. The molecule has 1 aromatic heterocycles. The fraction of sp³-hybridized carbons (Fsp3) is 0.176. The van der Waals surface area contributed by atoms with Crippen LogP contribution in [-0.2, 0) is 16.0 Å². The highest BCUT2D eigenvalue weighted by molar-refractivity contribution is 7.99. The molecule has 1 heterocycles. The lowest BCUT2D eigenvalue weighted by molar-refractivity contribution is -0.120. The summed E-state index contributed by atoms with van der Waals surface area (Å²) < 4.78 is 13.5. The van der Waals surface area contributed by atoms with E-state index in [1.54, 1.807) is 12.1 Å². The molecule has 0 spiro atoms. The van der Waals surface area contributed by atoms with Gasteiger partial charge in [0.1, 0.15) is 5.82 Å². The van der Waals surface area contributed by atoms with E-state index >= 15 is 0 Å². The number of H-pyrrole nitrogens is 1. The van der Waals surface area contributed by atoms with Gasteiger partial charge in [-0.1, -0.05) is 30.0 Å². The standard InChI is InChI=1S/C17H17FN4O3S/c1-2-7-19-14(23)8-11-9-15(24)22-17(20-11)26-10-16(25)21-13-6-4-3-5-12(13)18/h2-6,9H,1,7-8,10H2,(H,19,23)(H,21,25)(H,20,22,24). The topological polar surface area (TPSA) is 104 Å². The first kappa shape index (κ1) is 19.4. The van der Waals surface area contributed by atoms with E-state index < -0.39 is 17.3 Å². The molecule has 1 aromatic carbocycles. The number of para-hydroxylation sites is 1. The van der Waals surface area contributed by atoms with Crippen LogP contribution < -0.4 is 16.2 Å². The molecule has 0 saturated heterocycles. The molecule has 0 bridgehead atoms. The molecule has 0 unspecified atom stereocenters. The Kier molecular flexibility index (Phi) is 7.10. The van der Waals surface area contributed by atoms with Crippen LogP contribution >= 0.6 is 11.8 Å². The van der Waals surface area contributed by atoms with Crippen molar-refractivity contribution in [3.05, 3.63) is 64.9 Å². The highest BCUT2D eigenvalue weighted by Gasteiger charge is 2.10. The predicted molar refractivity (Wildman–Crippen MR) is 97.5 cm³/mol. The molecule has 2 rings (SSSR count). The quantitative estimate of drug-likeness (QED) is 0.368. The molecule has 0 saturated carbocycles. The van der Waals surface area contributed by atoms with Gasteiger partial charge in [0, 0.05) is 12.6 Å². The van der Waals surface area contributed by atoms with Crippen molar-refractivity contribution < 1.29 is 14.0 Å². The van der Waals surface area contributed by atoms with Gasteiger partial charge in [-0.3, -0.25) is 14.4 Å². The molecule has 136 valence electrons. The number of hydrogen-bond acceptors (Lipinski definition) is 5. The molecular formula is C17H17FN4O3S. The van der Waals surface area contributed by atoms with Crippen molar-refractivity contribution in [2.45, 2.75) is 11.6 Å². The third-order valence-electron chi connectivity index (χ3n) is 3.05. The lowest BCUT2D eigenvalue weighted by atomic mass is 10.3. The third kappa shape index (κ3) is 6.17. The number of thioether (sulfide) groups is 1. The Bertz CT molecular complexity index is 869. The number of carbonyl (C=O) groups excluding carboxylic acids is 2. The maximum atomic E-state index is 13.5. The minimum Gasteiger partial charge on any atom is -0.352 e. The summed E-state index contributed by atoms with van der Waals surface area (Å²) in [7, 11) is 0. The van der Waals surface area contributed by atoms with Gasteiger partial charge in [-0.25, -0.2) is 9.37 Å². The average Bonchev–Trinajstić information content (AvgIpc) is 2.60. The first-order valence-corrected chi connectivity index (χ1v) is 8.61. The first-order valence-electron chi connectivity index (χ1n) is 7.63. The van der Waals surface area contributed by atoms with E-state index in [9.17, 15) is 18.8 Å². The fourth-order valence-electron chi connectivity index (χ4n) is 1.94. The largest absolute Gasteiger partial charge is 0.352 e. The second-order valence-corrected chi connectivity index (χ2v) is 6.09. The zero-order valence-electron chi connectivity index (χ0n) is 13.8. The molecule has 3 N–H and O–H groups in total. The fourth-order valence-corrected chi connectivity index (χ4v) is 2.63. The zero-order valence-corrected chi connectivity index (χ0v) is 14.6. The van der Waals surface area contributed by atoms with E-state index in [0.717, 1.165) is 11.8 Å². The highest BCUT2D eigenvalue weighted by atomic mass is 32.2. The molecular weight excluding hydrogens is 359 g/mol. The van der Waals surface area contributed by atoms with Gasteiger partial charge in [-0.15, -0.1) is 6.58 Å². The van der Waals surface area contributed by atoms with Crippen molar-refractivity contribution in [1.82, 2.24) is 15.3 Å². The molecule has 26 heavy (non-hydrogen) atoms. The number of anilines is 1. The molecule has 0 atom stereocenters. The molecule has 0 aliphatic rings. The Balaban J connectivity index is 1.95. The van der Waals surface area contributed by atoms with Gasteiger partial charge in [0.15, 0.2) is 5.16 Å². The maximum absolute atomic E-state index is 13.5. The van der Waals surface area contributed by atoms with Crippen LogP contribution in [0.2, 0.25) is 0 Å². The van der Waals surface area contributed by atoms with Gasteiger partial charge < -0.3 is 15.6 Å². The maximum Gasteiger partial charge on any atom is 0.251 e. The second-order valence-electron chi connectivity index (χ2n) is 5.13. The molecule has 7 nitrogen and oxygen atoms in total. The molecule has 0 aliphatic heterocycles. The van der Waals surface area contributed by atoms with E-state index in [-0.39, 0.29) is 34.6 Å². The van der Waals surface area contributed by atoms with Crippen LogP contribution in [0.25, 0.3) is 0 Å². The summed E-state index contributed by atoms with van der Waals surface area (Å²) in [5.41, 5.74) is -0.0666. The lowest BCUT2D eigenvalue weighted by Crippen LogP contribution is -2.26. The summed E-state index contributed by atoms with van der Waals surface area (Å²) in [5.74, 6) is -1.36. The Morgan fingerprint density at radius 2 is 2.08 bits per heavy atom. The van der Waals surface area contributed by atoms with Crippen molar-refractivity contribution in [3.63, 3.8) is 0 Å². The second kappa shape index (κ2) is 9.52. The Hall–Kier alpha value is -2.94. The SMILES string of the molecule is C=CCNC(=O)Cc1cc(=O)[nH]c(SCC(=O)Nc2ccccc2F)n1. The van der Waals surface area contributed by atoms with E-state index in [2.05, 4.69) is 27.2 Å². The predicted octanol–water partition coefficient (Wildman–Crippen LogP) is 1.48. The summed E-state index contributed by atoms with van der Waals surface area (Å²) >= 11 is 0.978. The van der Waals surface area contributed by atoms with E-state index in [4.69, 9.17) is 0 Å². The summed E-state index contributed by atoms with van der Waals surface area (Å²) in [6.45, 7) is 3.81. The monoisotopic (exact) mass is 376 g/mol. The molecule has 0 aliphatic carbocycles. The minimum absolute atomic E-state index is 0.0628. The van der Waals surface area contributed by atoms with Crippen molar-refractivity contribution in [1.29, 1.82) is 0 Å². The van der Waals surface area contributed by atoms with Crippen molar-refractivity contribution in [2.24, 2.45) is 0 Å². The Morgan fingerprint density at radius 3 is 2.81 bits per heavy atom. The summed E-state index contributed by atoms with van der Waals surface area (Å²) in [6.07, 6.45) is 1.48. The number of halogens is 1. The number of rotatable bonds is 8. The zero-order chi connectivity index (χ0) is 18.9. The van der Waals surface area contributed by atoms with Gasteiger partial charge in [-0.05, 0) is 12.1 Å². The minimum atomic E-state index is -0.537. The first-order chi connectivity index (χ1) is 12.5. The van der Waals surface area contributed by atoms with Crippen LogP contribution in [0.5, 0.6) is 0 Å². The van der Waals surface area contributed by atoms with Gasteiger partial charge in [0.25, 0.3) is 5.56 Å². The summed E-state index contributed by atoms with van der Waals surface area (Å²) in [4.78, 5) is 41.9. The number of aromatic nitrogens is 2. The number of nitrogens with zero attached hydrogens (tertiary/aromatic N) is 1. The van der Waals surface area contributed by atoms with Gasteiger partial charge >= 0.3 is 0 Å². The number of carbonyl (C=O) groups is 2. The third-order valence-corrected chi connectivity index (χ3v) is 3.92. The highest BCUT2D eigenvalue weighted by Crippen LogP contribution is 2.15.